The molecular formula is C15H15N5O3S. The van der Waals surface area contributed by atoms with E-state index in [0.29, 0.717) is 22.8 Å². The van der Waals surface area contributed by atoms with Crippen LogP contribution in [-0.2, 0) is 10.0 Å². The molecule has 0 aliphatic carbocycles. The predicted octanol–water partition coefficient (Wildman–Crippen LogP) is 2.41. The van der Waals surface area contributed by atoms with Crippen LogP contribution in [0.15, 0.2) is 47.9 Å². The second-order valence-electron chi connectivity index (χ2n) is 4.99. The highest BCUT2D eigenvalue weighted by molar-refractivity contribution is 7.92. The van der Waals surface area contributed by atoms with Crippen molar-refractivity contribution in [3.63, 3.8) is 0 Å². The van der Waals surface area contributed by atoms with Crippen molar-refractivity contribution in [1.82, 2.24) is 19.9 Å². The van der Waals surface area contributed by atoms with Gasteiger partial charge in [-0.3, -0.25) is 4.72 Å². The minimum Gasteiger partial charge on any atom is -0.424 e. The molecule has 2 aromatic heterocycles. The molecular weight excluding hydrogens is 330 g/mol. The van der Waals surface area contributed by atoms with Crippen LogP contribution in [-0.4, -0.2) is 28.4 Å². The van der Waals surface area contributed by atoms with Crippen molar-refractivity contribution >= 4 is 15.7 Å². The molecule has 0 fully saturated rings. The van der Waals surface area contributed by atoms with Gasteiger partial charge in [0.05, 0.1) is 29.6 Å². The van der Waals surface area contributed by atoms with Crippen molar-refractivity contribution < 1.29 is 13.2 Å². The summed E-state index contributed by atoms with van der Waals surface area (Å²) >= 11 is 0. The summed E-state index contributed by atoms with van der Waals surface area (Å²) in [6.45, 7) is 3.36. The van der Waals surface area contributed by atoms with Gasteiger partial charge in [-0.15, -0.1) is 0 Å². The number of rotatable bonds is 5. The molecule has 0 unspecified atom stereocenters. The molecule has 0 atom stereocenters. The SMILES string of the molecule is Cc1nc(Oc2ccccc2)nc(C)c1NS(=O)(=O)c1cnc[nH]1. The number of aromatic amines is 1. The smallest absolute Gasteiger partial charge is 0.322 e. The number of hydrogen-bond acceptors (Lipinski definition) is 6. The van der Waals surface area contributed by atoms with Crippen LogP contribution in [0.1, 0.15) is 11.4 Å². The molecule has 3 aromatic rings. The molecule has 0 spiro atoms. The zero-order chi connectivity index (χ0) is 17.2. The van der Waals surface area contributed by atoms with Crippen LogP contribution in [0.5, 0.6) is 11.8 Å². The zero-order valence-electron chi connectivity index (χ0n) is 13.0. The summed E-state index contributed by atoms with van der Waals surface area (Å²) in [7, 11) is -3.78. The van der Waals surface area contributed by atoms with Gasteiger partial charge in [-0.2, -0.15) is 18.4 Å². The normalized spacial score (nSPS) is 11.2. The Kier molecular flexibility index (Phi) is 4.17. The van der Waals surface area contributed by atoms with E-state index in [1.165, 1.54) is 12.5 Å². The van der Waals surface area contributed by atoms with E-state index in [4.69, 9.17) is 4.74 Å². The Morgan fingerprint density at radius 3 is 2.33 bits per heavy atom. The van der Waals surface area contributed by atoms with Crippen LogP contribution >= 0.6 is 0 Å². The number of para-hydroxylation sites is 1. The van der Waals surface area contributed by atoms with Gasteiger partial charge < -0.3 is 9.72 Å². The minimum atomic E-state index is -3.78. The van der Waals surface area contributed by atoms with E-state index < -0.39 is 10.0 Å². The van der Waals surface area contributed by atoms with E-state index in [1.807, 2.05) is 18.2 Å². The minimum absolute atomic E-state index is 0.0362. The highest BCUT2D eigenvalue weighted by Crippen LogP contribution is 2.25. The summed E-state index contributed by atoms with van der Waals surface area (Å²) in [5.74, 6) is 0.599. The van der Waals surface area contributed by atoms with Gasteiger partial charge in [0.2, 0.25) is 0 Å². The summed E-state index contributed by atoms with van der Waals surface area (Å²) in [4.78, 5) is 14.7. The van der Waals surface area contributed by atoms with Crippen LogP contribution in [0, 0.1) is 13.8 Å². The number of hydrogen-bond donors (Lipinski definition) is 2. The lowest BCUT2D eigenvalue weighted by molar-refractivity contribution is 0.439. The number of aryl methyl sites for hydroxylation is 2. The molecule has 2 N–H and O–H groups in total. The third kappa shape index (κ3) is 3.35. The molecule has 24 heavy (non-hydrogen) atoms. The maximum Gasteiger partial charge on any atom is 0.322 e. The maximum atomic E-state index is 12.3. The number of sulfonamides is 1. The second kappa shape index (κ2) is 6.28. The van der Waals surface area contributed by atoms with Crippen molar-refractivity contribution in [2.24, 2.45) is 0 Å². The number of nitrogens with zero attached hydrogens (tertiary/aromatic N) is 3. The Bertz CT molecular complexity index is 918. The Morgan fingerprint density at radius 1 is 1.08 bits per heavy atom. The predicted molar refractivity (Wildman–Crippen MR) is 87.4 cm³/mol. The van der Waals surface area contributed by atoms with Crippen molar-refractivity contribution in [3.05, 3.63) is 54.2 Å². The van der Waals surface area contributed by atoms with Gasteiger partial charge in [-0.05, 0) is 26.0 Å². The van der Waals surface area contributed by atoms with Crippen molar-refractivity contribution in [1.29, 1.82) is 0 Å². The number of ether oxygens (including phenoxy) is 1. The van der Waals surface area contributed by atoms with Gasteiger partial charge in [-0.1, -0.05) is 18.2 Å². The molecule has 3 rings (SSSR count). The molecule has 0 saturated carbocycles. The number of imidazole rings is 1. The van der Waals surface area contributed by atoms with Crippen molar-refractivity contribution in [2.75, 3.05) is 4.72 Å². The molecule has 0 radical (unpaired) electrons. The van der Waals surface area contributed by atoms with Gasteiger partial charge in [-0.25, -0.2) is 4.98 Å². The molecule has 1 aromatic carbocycles. The lowest BCUT2D eigenvalue weighted by atomic mass is 10.3. The summed E-state index contributed by atoms with van der Waals surface area (Å²) < 4.78 is 32.6. The standard InChI is InChI=1S/C15H15N5O3S/c1-10-14(20-24(21,22)13-8-16-9-17-13)11(2)19-15(18-10)23-12-6-4-3-5-7-12/h3-9,20H,1-2H3,(H,16,17). The number of benzene rings is 1. The van der Waals surface area contributed by atoms with Gasteiger partial charge in [0.1, 0.15) is 5.75 Å². The topological polar surface area (TPSA) is 110 Å². The highest BCUT2D eigenvalue weighted by atomic mass is 32.2. The summed E-state index contributed by atoms with van der Waals surface area (Å²) in [6, 6.07) is 9.26. The van der Waals surface area contributed by atoms with Gasteiger partial charge in [0.15, 0.2) is 5.03 Å². The van der Waals surface area contributed by atoms with Crippen LogP contribution in [0.2, 0.25) is 0 Å². The third-order valence-corrected chi connectivity index (χ3v) is 4.48. The van der Waals surface area contributed by atoms with E-state index in [2.05, 4.69) is 24.7 Å². The van der Waals surface area contributed by atoms with Crippen LogP contribution < -0.4 is 9.46 Å². The number of anilines is 1. The first-order chi connectivity index (χ1) is 11.5. The molecule has 0 aliphatic rings. The van der Waals surface area contributed by atoms with E-state index in [0.717, 1.165) is 0 Å². The van der Waals surface area contributed by atoms with Crippen LogP contribution in [0.25, 0.3) is 0 Å². The molecule has 2 heterocycles. The molecule has 0 aliphatic heterocycles. The Balaban J connectivity index is 1.88. The lowest BCUT2D eigenvalue weighted by Crippen LogP contribution is -2.16. The summed E-state index contributed by atoms with van der Waals surface area (Å²) in [5, 5.41) is -0.0362. The quantitative estimate of drug-likeness (QED) is 0.735. The molecule has 9 heteroatoms. The fourth-order valence-electron chi connectivity index (χ4n) is 2.05. The summed E-state index contributed by atoms with van der Waals surface area (Å²) in [6.07, 6.45) is 2.52. The number of nitrogens with one attached hydrogen (secondary N) is 2. The van der Waals surface area contributed by atoms with Gasteiger partial charge >= 0.3 is 6.01 Å². The Morgan fingerprint density at radius 2 is 1.75 bits per heavy atom. The fourth-order valence-corrected chi connectivity index (χ4v) is 3.13. The Hall–Kier alpha value is -2.94. The molecule has 124 valence electrons. The largest absolute Gasteiger partial charge is 0.424 e. The Labute approximate surface area is 139 Å². The van der Waals surface area contributed by atoms with Crippen LogP contribution in [0.4, 0.5) is 5.69 Å². The second-order valence-corrected chi connectivity index (χ2v) is 6.64. The average Bonchev–Trinajstić information content (AvgIpc) is 3.07. The highest BCUT2D eigenvalue weighted by Gasteiger charge is 2.20. The van der Waals surface area contributed by atoms with Gasteiger partial charge in [0, 0.05) is 0 Å². The first kappa shape index (κ1) is 15.9. The summed E-state index contributed by atoms with van der Waals surface area (Å²) in [5.41, 5.74) is 1.22. The maximum absolute atomic E-state index is 12.3. The van der Waals surface area contributed by atoms with Crippen molar-refractivity contribution in [3.8, 4) is 11.8 Å². The third-order valence-electron chi connectivity index (χ3n) is 3.20. The lowest BCUT2D eigenvalue weighted by Gasteiger charge is -2.12. The van der Waals surface area contributed by atoms with E-state index in [1.54, 1.807) is 26.0 Å². The van der Waals surface area contributed by atoms with E-state index in [-0.39, 0.29) is 11.0 Å². The number of H-pyrrole nitrogens is 1. The van der Waals surface area contributed by atoms with Crippen molar-refractivity contribution in [2.45, 2.75) is 18.9 Å². The zero-order valence-corrected chi connectivity index (χ0v) is 13.8. The van der Waals surface area contributed by atoms with Crippen LogP contribution in [0.3, 0.4) is 0 Å². The monoisotopic (exact) mass is 345 g/mol. The molecule has 0 bridgehead atoms. The van der Waals surface area contributed by atoms with E-state index >= 15 is 0 Å². The average molecular weight is 345 g/mol. The van der Waals surface area contributed by atoms with E-state index in [9.17, 15) is 8.42 Å². The molecule has 8 nitrogen and oxygen atoms in total. The first-order valence-corrected chi connectivity index (χ1v) is 8.53. The molecule has 0 amide bonds. The first-order valence-electron chi connectivity index (χ1n) is 7.05. The van der Waals surface area contributed by atoms with Gasteiger partial charge in [0.25, 0.3) is 10.0 Å². The fraction of sp³-hybridized carbons (Fsp3) is 0.133. The molecule has 0 saturated heterocycles. The number of aromatic nitrogens is 4.